The van der Waals surface area contributed by atoms with Crippen molar-refractivity contribution in [3.05, 3.63) is 89.0 Å². The third kappa shape index (κ3) is 6.66. The molecular formula is C28H28F3NO5S. The minimum Gasteiger partial charge on any atom is -0.487 e. The summed E-state index contributed by atoms with van der Waals surface area (Å²) >= 11 is 0. The Morgan fingerprint density at radius 2 is 1.68 bits per heavy atom. The highest BCUT2D eigenvalue weighted by atomic mass is 32.2. The van der Waals surface area contributed by atoms with Gasteiger partial charge in [0.25, 0.3) is 10.0 Å². The number of halogens is 3. The number of nitrogens with one attached hydrogen (secondary N) is 1. The summed E-state index contributed by atoms with van der Waals surface area (Å²) in [6, 6.07) is 15.4. The molecule has 1 fully saturated rings. The topological polar surface area (TPSA) is 81.7 Å². The number of esters is 1. The minimum atomic E-state index is -4.65. The van der Waals surface area contributed by atoms with Gasteiger partial charge in [-0.3, -0.25) is 4.72 Å². The molecule has 202 valence electrons. The van der Waals surface area contributed by atoms with Gasteiger partial charge in [-0.2, -0.15) is 13.2 Å². The van der Waals surface area contributed by atoms with Crippen LogP contribution < -0.4 is 9.46 Å². The Hall–Kier alpha value is -3.53. The van der Waals surface area contributed by atoms with E-state index in [4.69, 9.17) is 4.74 Å². The zero-order valence-corrected chi connectivity index (χ0v) is 21.6. The molecule has 1 N–H and O–H groups in total. The fourth-order valence-electron chi connectivity index (χ4n) is 4.58. The first-order valence-electron chi connectivity index (χ1n) is 12.2. The van der Waals surface area contributed by atoms with E-state index in [0.29, 0.717) is 29.0 Å². The van der Waals surface area contributed by atoms with Gasteiger partial charge in [0.1, 0.15) is 12.4 Å². The van der Waals surface area contributed by atoms with Crippen LogP contribution >= 0.6 is 0 Å². The van der Waals surface area contributed by atoms with Gasteiger partial charge in [0, 0.05) is 0 Å². The van der Waals surface area contributed by atoms with E-state index in [-0.39, 0.29) is 22.9 Å². The first-order chi connectivity index (χ1) is 18.1. The van der Waals surface area contributed by atoms with Gasteiger partial charge in [-0.25, -0.2) is 13.2 Å². The molecule has 1 aliphatic carbocycles. The van der Waals surface area contributed by atoms with Gasteiger partial charge >= 0.3 is 12.1 Å². The number of carbonyl (C=O) groups excluding carboxylic acids is 1. The number of sulfonamides is 1. The van der Waals surface area contributed by atoms with Crippen LogP contribution in [0.2, 0.25) is 0 Å². The Morgan fingerprint density at radius 1 is 1.00 bits per heavy atom. The van der Waals surface area contributed by atoms with Gasteiger partial charge in [-0.1, -0.05) is 56.0 Å². The molecule has 3 aromatic rings. The van der Waals surface area contributed by atoms with Crippen molar-refractivity contribution in [2.75, 3.05) is 11.8 Å². The maximum Gasteiger partial charge on any atom is 0.416 e. The first-order valence-corrected chi connectivity index (χ1v) is 13.7. The third-order valence-electron chi connectivity index (χ3n) is 6.57. The molecule has 0 aliphatic heterocycles. The van der Waals surface area contributed by atoms with Gasteiger partial charge in [0.15, 0.2) is 0 Å². The van der Waals surface area contributed by atoms with Gasteiger partial charge in [-0.15, -0.1) is 0 Å². The largest absolute Gasteiger partial charge is 0.487 e. The first kappa shape index (κ1) is 27.5. The molecule has 0 atom stereocenters. The molecule has 10 heteroatoms. The Balaban J connectivity index is 1.60. The van der Waals surface area contributed by atoms with Gasteiger partial charge in [0.2, 0.25) is 0 Å². The van der Waals surface area contributed by atoms with Crippen LogP contribution in [0.5, 0.6) is 5.75 Å². The molecule has 4 rings (SSSR count). The second-order valence-corrected chi connectivity index (χ2v) is 10.9. The summed E-state index contributed by atoms with van der Waals surface area (Å²) in [6.07, 6.45) is 0.296. The van der Waals surface area contributed by atoms with Crippen molar-refractivity contribution in [2.45, 2.75) is 49.8 Å². The molecule has 6 nitrogen and oxygen atoms in total. The number of ether oxygens (including phenoxy) is 2. The van der Waals surface area contributed by atoms with E-state index in [2.05, 4.69) is 9.46 Å². The standard InChI is InChI=1S/C28H28F3NO5S/c1-36-27(33)21-12-10-20(11-13-21)18-37-25-17-23(28(29,30)31)14-15-24(25)32-38(34,35)26-9-5-4-8-22(26)16-19-6-2-3-7-19/h4-5,8-15,17,19,32H,2-3,6-7,16,18H2,1H3. The normalized spacial score (nSPS) is 14.3. The summed E-state index contributed by atoms with van der Waals surface area (Å²) in [6.45, 7) is -0.157. The van der Waals surface area contributed by atoms with Crippen molar-refractivity contribution in [3.63, 3.8) is 0 Å². The lowest BCUT2D eigenvalue weighted by molar-refractivity contribution is -0.137. The number of anilines is 1. The van der Waals surface area contributed by atoms with Crippen molar-refractivity contribution < 1.29 is 35.9 Å². The Bertz CT molecular complexity index is 1380. The van der Waals surface area contributed by atoms with Crippen molar-refractivity contribution in [3.8, 4) is 5.75 Å². The maximum absolute atomic E-state index is 13.4. The predicted molar refractivity (Wildman–Crippen MR) is 136 cm³/mol. The average molecular weight is 548 g/mol. The van der Waals surface area contributed by atoms with Crippen molar-refractivity contribution in [1.29, 1.82) is 0 Å². The molecule has 0 radical (unpaired) electrons. The van der Waals surface area contributed by atoms with Crippen LogP contribution in [0, 0.1) is 5.92 Å². The predicted octanol–water partition coefficient (Wildman–Crippen LogP) is 6.60. The van der Waals surface area contributed by atoms with Crippen LogP contribution in [-0.2, 0) is 34.0 Å². The monoisotopic (exact) mass is 547 g/mol. The van der Waals surface area contributed by atoms with Crippen LogP contribution in [0.25, 0.3) is 0 Å². The fourth-order valence-corrected chi connectivity index (χ4v) is 5.90. The van der Waals surface area contributed by atoms with Gasteiger partial charge < -0.3 is 9.47 Å². The number of hydrogen-bond donors (Lipinski definition) is 1. The van der Waals surface area contributed by atoms with Crippen molar-refractivity contribution in [1.82, 2.24) is 0 Å². The molecule has 0 bridgehead atoms. The quantitative estimate of drug-likeness (QED) is 0.305. The molecule has 1 aliphatic rings. The van der Waals surface area contributed by atoms with Gasteiger partial charge in [0.05, 0.1) is 28.8 Å². The molecule has 0 spiro atoms. The number of benzene rings is 3. The van der Waals surface area contributed by atoms with Crippen molar-refractivity contribution >= 4 is 21.7 Å². The highest BCUT2D eigenvalue weighted by Gasteiger charge is 2.32. The summed E-state index contributed by atoms with van der Waals surface area (Å²) in [4.78, 5) is 11.7. The summed E-state index contributed by atoms with van der Waals surface area (Å²) in [5.41, 5.74) is 0.454. The lowest BCUT2D eigenvalue weighted by Gasteiger charge is -2.18. The van der Waals surface area contributed by atoms with E-state index in [0.717, 1.165) is 43.9 Å². The minimum absolute atomic E-state index is 0.0937. The highest BCUT2D eigenvalue weighted by molar-refractivity contribution is 7.92. The smallest absolute Gasteiger partial charge is 0.416 e. The number of hydrogen-bond acceptors (Lipinski definition) is 5. The summed E-state index contributed by atoms with van der Waals surface area (Å²) < 4.78 is 79.8. The van der Waals surface area contributed by atoms with E-state index in [9.17, 15) is 26.4 Å². The van der Waals surface area contributed by atoms with E-state index >= 15 is 0 Å². The van der Waals surface area contributed by atoms with Crippen LogP contribution in [0.4, 0.5) is 18.9 Å². The van der Waals surface area contributed by atoms with E-state index in [1.807, 2.05) is 0 Å². The van der Waals surface area contributed by atoms with E-state index in [1.165, 1.54) is 25.3 Å². The zero-order valence-electron chi connectivity index (χ0n) is 20.8. The lowest BCUT2D eigenvalue weighted by atomic mass is 9.98. The zero-order chi connectivity index (χ0) is 27.3. The van der Waals surface area contributed by atoms with Crippen LogP contribution in [0.15, 0.2) is 71.6 Å². The molecule has 3 aromatic carbocycles. The molecule has 0 unspecified atom stereocenters. The highest BCUT2D eigenvalue weighted by Crippen LogP contribution is 2.37. The molecular weight excluding hydrogens is 519 g/mol. The van der Waals surface area contributed by atoms with E-state index < -0.39 is 27.7 Å². The van der Waals surface area contributed by atoms with Crippen molar-refractivity contribution in [2.24, 2.45) is 5.92 Å². The summed E-state index contributed by atoms with van der Waals surface area (Å²) in [7, 11) is -2.87. The molecule has 0 saturated heterocycles. The molecule has 38 heavy (non-hydrogen) atoms. The van der Waals surface area contributed by atoms with E-state index in [1.54, 1.807) is 30.3 Å². The number of methoxy groups -OCH3 is 1. The third-order valence-corrected chi connectivity index (χ3v) is 8.03. The number of alkyl halides is 3. The maximum atomic E-state index is 13.4. The number of carbonyl (C=O) groups is 1. The summed E-state index contributed by atoms with van der Waals surface area (Å²) in [5.74, 6) is -0.393. The molecule has 0 amide bonds. The second kappa shape index (κ2) is 11.5. The van der Waals surface area contributed by atoms with Gasteiger partial charge in [-0.05, 0) is 59.9 Å². The molecule has 1 saturated carbocycles. The SMILES string of the molecule is COC(=O)c1ccc(COc2cc(C(F)(F)F)ccc2NS(=O)(=O)c2ccccc2CC2CCCC2)cc1. The van der Waals surface area contributed by atoms with Crippen LogP contribution in [-0.4, -0.2) is 21.5 Å². The molecule has 0 heterocycles. The second-order valence-electron chi connectivity index (χ2n) is 9.25. The van der Waals surface area contributed by atoms with Crippen LogP contribution in [0.3, 0.4) is 0 Å². The lowest BCUT2D eigenvalue weighted by Crippen LogP contribution is -2.17. The average Bonchev–Trinajstić information content (AvgIpc) is 3.40. The van der Waals surface area contributed by atoms with Crippen LogP contribution in [0.1, 0.15) is 52.7 Å². The Labute approximate surface area is 219 Å². The Kier molecular flexibility index (Phi) is 8.30. The fraction of sp³-hybridized carbons (Fsp3) is 0.321. The Morgan fingerprint density at radius 3 is 2.34 bits per heavy atom. The molecule has 0 aromatic heterocycles. The number of rotatable bonds is 9. The summed E-state index contributed by atoms with van der Waals surface area (Å²) in [5, 5.41) is 0.